The Kier molecular flexibility index (Phi) is 7.16. The molecule has 0 unspecified atom stereocenters. The summed E-state index contributed by atoms with van der Waals surface area (Å²) >= 11 is 0. The van der Waals surface area contributed by atoms with Gasteiger partial charge in [-0.05, 0) is 18.6 Å². The third-order valence-corrected chi connectivity index (χ3v) is 5.17. The molecule has 1 aromatic carbocycles. The number of aliphatic hydroxyl groups is 2. The Hall–Kier alpha value is -2.37. The van der Waals surface area contributed by atoms with Gasteiger partial charge in [-0.25, -0.2) is 0 Å². The summed E-state index contributed by atoms with van der Waals surface area (Å²) in [4.78, 5) is 37.5. The van der Waals surface area contributed by atoms with Crippen LogP contribution in [0.3, 0.4) is 0 Å². The van der Waals surface area contributed by atoms with Crippen molar-refractivity contribution in [2.24, 2.45) is 0 Å². The smallest absolute Gasteiger partial charge is 0.261 e. The highest BCUT2D eigenvalue weighted by atomic mass is 16.7. The summed E-state index contributed by atoms with van der Waals surface area (Å²) in [6.07, 6.45) is -3.66. The van der Waals surface area contributed by atoms with E-state index in [9.17, 15) is 24.6 Å². The van der Waals surface area contributed by atoms with Crippen LogP contribution in [0.25, 0.3) is 0 Å². The topological polar surface area (TPSA) is 135 Å². The minimum Gasteiger partial charge on any atom is -0.394 e. The number of imide groups is 1. The maximum Gasteiger partial charge on any atom is 0.261 e. The summed E-state index contributed by atoms with van der Waals surface area (Å²) < 4.78 is 16.5. The maximum absolute atomic E-state index is 12.4. The minimum atomic E-state index is -1.21. The molecule has 5 atom stereocenters. The lowest BCUT2D eigenvalue weighted by molar-refractivity contribution is -0.270. The van der Waals surface area contributed by atoms with E-state index in [1.54, 1.807) is 24.3 Å². The van der Waals surface area contributed by atoms with Gasteiger partial charge in [0.2, 0.25) is 5.91 Å². The van der Waals surface area contributed by atoms with Crippen LogP contribution < -0.4 is 5.32 Å². The zero-order chi connectivity index (χ0) is 21.8. The number of carbonyl (C=O) groups is 3. The first-order valence-corrected chi connectivity index (χ1v) is 9.70. The number of hydrogen-bond donors (Lipinski definition) is 3. The Labute approximate surface area is 173 Å². The van der Waals surface area contributed by atoms with Crippen LogP contribution in [-0.2, 0) is 19.0 Å². The van der Waals surface area contributed by atoms with E-state index in [4.69, 9.17) is 14.2 Å². The molecule has 3 amide bonds. The Morgan fingerprint density at radius 3 is 2.40 bits per heavy atom. The predicted molar refractivity (Wildman–Crippen MR) is 103 cm³/mol. The van der Waals surface area contributed by atoms with Crippen molar-refractivity contribution in [3.05, 3.63) is 35.4 Å². The first-order valence-electron chi connectivity index (χ1n) is 9.70. The average Bonchev–Trinajstić information content (AvgIpc) is 2.97. The van der Waals surface area contributed by atoms with Crippen LogP contribution in [0.1, 0.15) is 34.1 Å². The molecule has 3 rings (SSSR count). The molecule has 1 saturated heterocycles. The Morgan fingerprint density at radius 1 is 1.23 bits per heavy atom. The van der Waals surface area contributed by atoms with Crippen molar-refractivity contribution >= 4 is 17.7 Å². The summed E-state index contributed by atoms with van der Waals surface area (Å²) in [6.45, 7) is 1.10. The molecule has 164 valence electrons. The van der Waals surface area contributed by atoms with Crippen molar-refractivity contribution in [3.63, 3.8) is 0 Å². The maximum atomic E-state index is 12.4. The molecule has 3 N–H and O–H groups in total. The van der Waals surface area contributed by atoms with Crippen LogP contribution in [0.2, 0.25) is 0 Å². The van der Waals surface area contributed by atoms with Crippen molar-refractivity contribution in [1.82, 2.24) is 10.2 Å². The van der Waals surface area contributed by atoms with Gasteiger partial charge in [0.05, 0.1) is 17.7 Å². The number of nitrogens with zero attached hydrogens (tertiary/aromatic N) is 1. The summed E-state index contributed by atoms with van der Waals surface area (Å²) in [7, 11) is 1.38. The summed E-state index contributed by atoms with van der Waals surface area (Å²) in [5, 5.41) is 22.6. The fraction of sp³-hybridized carbons (Fsp3) is 0.550. The fourth-order valence-electron chi connectivity index (χ4n) is 3.74. The second-order valence-electron chi connectivity index (χ2n) is 7.17. The molecular formula is C20H26N2O8. The third-order valence-electron chi connectivity index (χ3n) is 5.17. The lowest BCUT2D eigenvalue weighted by Gasteiger charge is -2.43. The number of methoxy groups -OCH3 is 1. The molecule has 1 fully saturated rings. The normalized spacial score (nSPS) is 28.5. The van der Waals surface area contributed by atoms with Crippen LogP contribution in [0.5, 0.6) is 0 Å². The van der Waals surface area contributed by atoms with Crippen molar-refractivity contribution in [1.29, 1.82) is 0 Å². The van der Waals surface area contributed by atoms with Crippen molar-refractivity contribution in [2.45, 2.75) is 44.0 Å². The van der Waals surface area contributed by atoms with Gasteiger partial charge >= 0.3 is 0 Å². The monoisotopic (exact) mass is 422 g/mol. The molecule has 0 aromatic heterocycles. The Bertz CT molecular complexity index is 766. The lowest BCUT2D eigenvalue weighted by atomic mass is 9.96. The number of aliphatic hydroxyl groups excluding tert-OH is 2. The van der Waals surface area contributed by atoms with E-state index in [0.717, 1.165) is 4.90 Å². The SMILES string of the molecule is CO[C@H]1O[C@H](CO)[C@H](O)[C@H](OCCCN2C(=O)c3ccccc3C2=O)[C@H]1NC(C)=O. The molecule has 0 spiro atoms. The molecular weight excluding hydrogens is 396 g/mol. The van der Waals surface area contributed by atoms with Crippen LogP contribution in [0, 0.1) is 0 Å². The van der Waals surface area contributed by atoms with E-state index in [2.05, 4.69) is 5.32 Å². The molecule has 10 nitrogen and oxygen atoms in total. The van der Waals surface area contributed by atoms with Gasteiger partial charge < -0.3 is 29.7 Å². The quantitative estimate of drug-likeness (QED) is 0.369. The highest BCUT2D eigenvalue weighted by molar-refractivity contribution is 6.21. The average molecular weight is 422 g/mol. The van der Waals surface area contributed by atoms with Gasteiger partial charge in [0, 0.05) is 27.2 Å². The van der Waals surface area contributed by atoms with Gasteiger partial charge in [0.15, 0.2) is 6.29 Å². The van der Waals surface area contributed by atoms with E-state index in [1.807, 2.05) is 0 Å². The first-order chi connectivity index (χ1) is 14.4. The fourth-order valence-corrected chi connectivity index (χ4v) is 3.74. The van der Waals surface area contributed by atoms with Crippen LogP contribution in [0.15, 0.2) is 24.3 Å². The highest BCUT2D eigenvalue weighted by Crippen LogP contribution is 2.25. The number of fused-ring (bicyclic) bond motifs is 1. The lowest BCUT2D eigenvalue weighted by Crippen LogP contribution is -2.65. The standard InChI is InChI=1S/C20H26N2O8/c1-11(24)21-15-17(16(25)14(10-23)30-20(15)28-2)29-9-5-8-22-18(26)12-6-3-4-7-13(12)19(22)27/h3-4,6-7,14-17,20,23,25H,5,8-10H2,1-2H3,(H,21,24)/t14-,15-,16+,17-,20+/m1/s1. The molecule has 2 aliphatic rings. The van der Waals surface area contributed by atoms with E-state index < -0.39 is 37.3 Å². The van der Waals surface area contributed by atoms with Crippen molar-refractivity contribution < 1.29 is 38.8 Å². The second-order valence-corrected chi connectivity index (χ2v) is 7.17. The van der Waals surface area contributed by atoms with Gasteiger partial charge in [-0.1, -0.05) is 12.1 Å². The third kappa shape index (κ3) is 4.37. The van der Waals surface area contributed by atoms with Gasteiger partial charge in [-0.3, -0.25) is 19.3 Å². The Balaban J connectivity index is 1.61. The number of ether oxygens (including phenoxy) is 3. The summed E-state index contributed by atoms with van der Waals surface area (Å²) in [5.74, 6) is -1.06. The predicted octanol–water partition coefficient (Wildman–Crippen LogP) is -0.713. The molecule has 2 aliphatic heterocycles. The van der Waals surface area contributed by atoms with Crippen LogP contribution >= 0.6 is 0 Å². The molecule has 2 heterocycles. The minimum absolute atomic E-state index is 0.0970. The highest BCUT2D eigenvalue weighted by Gasteiger charge is 2.46. The number of carbonyl (C=O) groups excluding carboxylic acids is 3. The molecule has 1 aromatic rings. The number of benzene rings is 1. The summed E-state index contributed by atoms with van der Waals surface area (Å²) in [5.41, 5.74) is 0.755. The number of nitrogens with one attached hydrogen (secondary N) is 1. The Morgan fingerprint density at radius 2 is 1.87 bits per heavy atom. The van der Waals surface area contributed by atoms with E-state index in [1.165, 1.54) is 14.0 Å². The van der Waals surface area contributed by atoms with Crippen molar-refractivity contribution in [2.75, 3.05) is 26.9 Å². The van der Waals surface area contributed by atoms with Crippen LogP contribution in [-0.4, -0.2) is 90.3 Å². The van der Waals surface area contributed by atoms with Gasteiger partial charge in [0.1, 0.15) is 24.4 Å². The van der Waals surface area contributed by atoms with Crippen LogP contribution in [0.4, 0.5) is 0 Å². The number of hydrogen-bond acceptors (Lipinski definition) is 8. The van der Waals surface area contributed by atoms with Gasteiger partial charge in [-0.2, -0.15) is 0 Å². The molecule has 10 heteroatoms. The largest absolute Gasteiger partial charge is 0.394 e. The number of amides is 3. The molecule has 0 aliphatic carbocycles. The zero-order valence-electron chi connectivity index (χ0n) is 16.8. The van der Waals surface area contributed by atoms with Gasteiger partial charge in [0.25, 0.3) is 11.8 Å². The second kappa shape index (κ2) is 9.63. The number of rotatable bonds is 8. The molecule has 0 radical (unpaired) electrons. The summed E-state index contributed by atoms with van der Waals surface area (Å²) in [6, 6.07) is 5.83. The van der Waals surface area contributed by atoms with E-state index in [0.29, 0.717) is 17.5 Å². The first kappa shape index (κ1) is 22.3. The molecule has 0 saturated carbocycles. The van der Waals surface area contributed by atoms with Gasteiger partial charge in [-0.15, -0.1) is 0 Å². The van der Waals surface area contributed by atoms with E-state index in [-0.39, 0.29) is 30.9 Å². The molecule has 30 heavy (non-hydrogen) atoms. The van der Waals surface area contributed by atoms with E-state index >= 15 is 0 Å². The molecule has 0 bridgehead atoms. The zero-order valence-corrected chi connectivity index (χ0v) is 16.8. The van der Waals surface area contributed by atoms with Crippen molar-refractivity contribution in [3.8, 4) is 0 Å².